The van der Waals surface area contributed by atoms with Crippen molar-refractivity contribution in [2.45, 2.75) is 25.7 Å². The van der Waals surface area contributed by atoms with Gasteiger partial charge in [0, 0.05) is 24.7 Å². The van der Waals surface area contributed by atoms with Crippen LogP contribution in [0.2, 0.25) is 0 Å². The summed E-state index contributed by atoms with van der Waals surface area (Å²) in [6.45, 7) is 1.65. The predicted octanol–water partition coefficient (Wildman–Crippen LogP) is 2.07. The van der Waals surface area contributed by atoms with Crippen LogP contribution >= 0.6 is 0 Å². The molecule has 1 aromatic rings. The van der Waals surface area contributed by atoms with Crippen molar-refractivity contribution in [1.29, 1.82) is 0 Å². The molecule has 0 radical (unpaired) electrons. The quantitative estimate of drug-likeness (QED) is 0.289. The first-order valence-corrected chi connectivity index (χ1v) is 6.65. The van der Waals surface area contributed by atoms with Gasteiger partial charge in [-0.15, -0.1) is 0 Å². The summed E-state index contributed by atoms with van der Waals surface area (Å²) in [6.07, 6.45) is 4.40. The highest BCUT2D eigenvalue weighted by Gasteiger charge is 2.21. The number of nitro benzene ring substituents is 1. The highest BCUT2D eigenvalue weighted by Crippen LogP contribution is 2.30. The van der Waals surface area contributed by atoms with Gasteiger partial charge in [0.2, 0.25) is 0 Å². The second-order valence-electron chi connectivity index (χ2n) is 4.85. The molecule has 1 fully saturated rings. The molecule has 7 heteroatoms. The van der Waals surface area contributed by atoms with Gasteiger partial charge in [-0.3, -0.25) is 10.1 Å². The number of hydrogen-bond acceptors (Lipinski definition) is 5. The first-order chi connectivity index (χ1) is 9.63. The lowest BCUT2D eigenvalue weighted by atomic mass is 10.1. The minimum atomic E-state index is -0.422. The SMILES string of the molecule is NC(=NO)c1ccc(N2CCCCCC2)c([N+](=O)[O-])c1. The van der Waals surface area contributed by atoms with Crippen molar-refractivity contribution in [3.05, 3.63) is 33.9 Å². The Morgan fingerprint density at radius 3 is 2.50 bits per heavy atom. The van der Waals surface area contributed by atoms with E-state index >= 15 is 0 Å². The molecule has 1 saturated heterocycles. The number of rotatable bonds is 3. The number of nitrogens with zero attached hydrogens (tertiary/aromatic N) is 3. The van der Waals surface area contributed by atoms with Crippen LogP contribution in [-0.4, -0.2) is 29.1 Å². The topological polar surface area (TPSA) is 105 Å². The van der Waals surface area contributed by atoms with Crippen molar-refractivity contribution >= 4 is 17.2 Å². The molecular formula is C13H18N4O3. The molecule has 1 aliphatic rings. The summed E-state index contributed by atoms with van der Waals surface area (Å²) in [5, 5.41) is 22.8. The minimum Gasteiger partial charge on any atom is -0.409 e. The van der Waals surface area contributed by atoms with Gasteiger partial charge in [0.15, 0.2) is 5.84 Å². The van der Waals surface area contributed by atoms with E-state index < -0.39 is 4.92 Å². The predicted molar refractivity (Wildman–Crippen MR) is 76.3 cm³/mol. The molecule has 0 aliphatic carbocycles. The summed E-state index contributed by atoms with van der Waals surface area (Å²) < 4.78 is 0. The molecule has 2 rings (SSSR count). The number of benzene rings is 1. The number of nitro groups is 1. The number of anilines is 1. The van der Waals surface area contributed by atoms with Gasteiger partial charge in [-0.2, -0.15) is 0 Å². The highest BCUT2D eigenvalue weighted by molar-refractivity contribution is 5.98. The molecule has 0 aromatic heterocycles. The van der Waals surface area contributed by atoms with Crippen molar-refractivity contribution < 1.29 is 10.1 Å². The van der Waals surface area contributed by atoms with Crippen molar-refractivity contribution in [3.63, 3.8) is 0 Å². The molecule has 1 aromatic carbocycles. The van der Waals surface area contributed by atoms with Gasteiger partial charge in [0.1, 0.15) is 5.69 Å². The van der Waals surface area contributed by atoms with Crippen LogP contribution in [0.5, 0.6) is 0 Å². The zero-order valence-corrected chi connectivity index (χ0v) is 11.2. The minimum absolute atomic E-state index is 0.00370. The zero-order chi connectivity index (χ0) is 14.5. The zero-order valence-electron chi connectivity index (χ0n) is 11.2. The first kappa shape index (κ1) is 14.1. The second kappa shape index (κ2) is 6.23. The van der Waals surface area contributed by atoms with Crippen LogP contribution in [-0.2, 0) is 0 Å². The molecule has 0 bridgehead atoms. The van der Waals surface area contributed by atoms with E-state index in [4.69, 9.17) is 10.9 Å². The average Bonchev–Trinajstić information content (AvgIpc) is 2.74. The lowest BCUT2D eigenvalue weighted by Gasteiger charge is -2.22. The summed E-state index contributed by atoms with van der Waals surface area (Å²) >= 11 is 0. The van der Waals surface area contributed by atoms with Crippen molar-refractivity contribution in [3.8, 4) is 0 Å². The van der Waals surface area contributed by atoms with E-state index in [0.717, 1.165) is 38.8 Å². The molecule has 20 heavy (non-hydrogen) atoms. The second-order valence-corrected chi connectivity index (χ2v) is 4.85. The number of amidine groups is 1. The Bertz CT molecular complexity index is 522. The fraction of sp³-hybridized carbons (Fsp3) is 0.462. The third-order valence-corrected chi connectivity index (χ3v) is 3.52. The Morgan fingerprint density at radius 1 is 1.30 bits per heavy atom. The molecule has 108 valence electrons. The summed E-state index contributed by atoms with van der Waals surface area (Å²) in [5.74, 6) is -0.129. The molecule has 0 saturated carbocycles. The lowest BCUT2D eigenvalue weighted by Crippen LogP contribution is -2.25. The number of nitrogens with two attached hydrogens (primary N) is 1. The van der Waals surface area contributed by atoms with Crippen LogP contribution in [0.15, 0.2) is 23.4 Å². The molecule has 7 nitrogen and oxygen atoms in total. The molecule has 0 unspecified atom stereocenters. The lowest BCUT2D eigenvalue weighted by molar-refractivity contribution is -0.384. The number of hydrogen-bond donors (Lipinski definition) is 2. The van der Waals surface area contributed by atoms with Gasteiger partial charge >= 0.3 is 0 Å². The van der Waals surface area contributed by atoms with Gasteiger partial charge in [-0.05, 0) is 25.0 Å². The fourth-order valence-electron chi connectivity index (χ4n) is 2.47. The molecule has 3 N–H and O–H groups in total. The summed E-state index contributed by atoms with van der Waals surface area (Å²) in [7, 11) is 0. The molecule has 0 amide bonds. The Morgan fingerprint density at radius 2 is 1.95 bits per heavy atom. The smallest absolute Gasteiger partial charge is 0.293 e. The molecule has 1 heterocycles. The highest BCUT2D eigenvalue weighted by atomic mass is 16.6. The Kier molecular flexibility index (Phi) is 4.39. The van der Waals surface area contributed by atoms with E-state index in [1.165, 1.54) is 6.07 Å². The maximum Gasteiger partial charge on any atom is 0.293 e. The molecule has 0 atom stereocenters. The van der Waals surface area contributed by atoms with Crippen molar-refractivity contribution in [2.75, 3.05) is 18.0 Å². The van der Waals surface area contributed by atoms with Gasteiger partial charge in [-0.1, -0.05) is 18.0 Å². The van der Waals surface area contributed by atoms with Crippen LogP contribution < -0.4 is 10.6 Å². The van der Waals surface area contributed by atoms with E-state index in [1.807, 2.05) is 4.90 Å². The summed E-state index contributed by atoms with van der Waals surface area (Å²) in [6, 6.07) is 4.67. The van der Waals surface area contributed by atoms with Crippen LogP contribution in [0.25, 0.3) is 0 Å². The average molecular weight is 278 g/mol. The van der Waals surface area contributed by atoms with E-state index in [-0.39, 0.29) is 11.5 Å². The Labute approximate surface area is 116 Å². The molecule has 0 spiro atoms. The third-order valence-electron chi connectivity index (χ3n) is 3.52. The van der Waals surface area contributed by atoms with Crippen molar-refractivity contribution in [2.24, 2.45) is 10.9 Å². The van der Waals surface area contributed by atoms with Crippen molar-refractivity contribution in [1.82, 2.24) is 0 Å². The normalized spacial score (nSPS) is 16.8. The monoisotopic (exact) mass is 278 g/mol. The first-order valence-electron chi connectivity index (χ1n) is 6.65. The van der Waals surface area contributed by atoms with E-state index in [0.29, 0.717) is 11.3 Å². The summed E-state index contributed by atoms with van der Waals surface area (Å²) in [5.41, 5.74) is 6.43. The van der Waals surface area contributed by atoms with Crippen LogP contribution in [0.4, 0.5) is 11.4 Å². The third kappa shape index (κ3) is 2.98. The van der Waals surface area contributed by atoms with E-state index in [9.17, 15) is 10.1 Å². The van der Waals surface area contributed by atoms with Crippen LogP contribution in [0, 0.1) is 10.1 Å². The van der Waals surface area contributed by atoms with E-state index in [1.54, 1.807) is 12.1 Å². The van der Waals surface area contributed by atoms with Gasteiger partial charge in [0.05, 0.1) is 4.92 Å². The van der Waals surface area contributed by atoms with E-state index in [2.05, 4.69) is 5.16 Å². The Balaban J connectivity index is 2.39. The maximum atomic E-state index is 11.2. The van der Waals surface area contributed by atoms with Crippen LogP contribution in [0.1, 0.15) is 31.2 Å². The standard InChI is InChI=1S/C13H18N4O3/c14-13(15-18)10-5-6-11(12(9-10)17(19)20)16-7-3-1-2-4-8-16/h5-6,9,18H,1-4,7-8H2,(H2,14,15). The Hall–Kier alpha value is -2.31. The van der Waals surface area contributed by atoms with Gasteiger partial charge in [-0.25, -0.2) is 0 Å². The molecular weight excluding hydrogens is 260 g/mol. The summed E-state index contributed by atoms with van der Waals surface area (Å²) in [4.78, 5) is 12.9. The van der Waals surface area contributed by atoms with Gasteiger partial charge in [0.25, 0.3) is 5.69 Å². The fourth-order valence-corrected chi connectivity index (χ4v) is 2.47. The molecule has 1 aliphatic heterocycles. The van der Waals surface area contributed by atoms with Gasteiger partial charge < -0.3 is 15.8 Å². The maximum absolute atomic E-state index is 11.2. The number of oxime groups is 1. The van der Waals surface area contributed by atoms with Crippen LogP contribution in [0.3, 0.4) is 0 Å². The largest absolute Gasteiger partial charge is 0.409 e.